The molecule has 0 spiro atoms. The van der Waals surface area contributed by atoms with Crippen LogP contribution in [-0.4, -0.2) is 104 Å². The van der Waals surface area contributed by atoms with Gasteiger partial charge in [-0.25, -0.2) is 4.79 Å². The normalized spacial score (nSPS) is 12.9. The number of para-hydroxylation sites is 1. The number of anilines is 3. The van der Waals surface area contributed by atoms with Gasteiger partial charge in [-0.05, 0) is 45.7 Å². The Labute approximate surface area is 274 Å². The van der Waals surface area contributed by atoms with Gasteiger partial charge < -0.3 is 40.2 Å². The van der Waals surface area contributed by atoms with Crippen LogP contribution in [0.5, 0.6) is 5.75 Å². The molecule has 6 radical (unpaired) electrons. The molecule has 0 bridgehead atoms. The number of methoxy groups -OCH3 is 1. The van der Waals surface area contributed by atoms with Gasteiger partial charge in [0.05, 0.1) is 54.1 Å². The zero-order chi connectivity index (χ0) is 34.5. The number of nitrogens with zero attached hydrogens (tertiary/aromatic N) is 5. The van der Waals surface area contributed by atoms with Gasteiger partial charge in [-0.2, -0.15) is 4.98 Å². The van der Waals surface area contributed by atoms with Gasteiger partial charge in [0.25, 0.3) is 11.8 Å². The number of aromatic nitrogens is 4. The van der Waals surface area contributed by atoms with E-state index < -0.39 is 28.7 Å². The zero-order valence-corrected chi connectivity index (χ0v) is 26.5. The van der Waals surface area contributed by atoms with Crippen molar-refractivity contribution in [2.45, 2.75) is 51.0 Å². The summed E-state index contributed by atoms with van der Waals surface area (Å²) in [6.07, 6.45) is 0.904. The monoisotopic (exact) mass is 639 g/mol. The Morgan fingerprint density at radius 1 is 1.09 bits per heavy atom. The lowest BCUT2D eigenvalue weighted by molar-refractivity contribution is -0.122. The second kappa shape index (κ2) is 14.1. The summed E-state index contributed by atoms with van der Waals surface area (Å²) >= 11 is 0. The molecule has 1 fully saturated rings. The molecule has 0 saturated heterocycles. The van der Waals surface area contributed by atoms with Crippen molar-refractivity contribution in [3.05, 3.63) is 35.8 Å². The topological polar surface area (TPSA) is 203 Å². The van der Waals surface area contributed by atoms with E-state index in [-0.39, 0.29) is 59.6 Å². The number of rotatable bonds is 12. The predicted octanol–water partition coefficient (Wildman–Crippen LogP) is 0.957. The van der Waals surface area contributed by atoms with Gasteiger partial charge in [0.15, 0.2) is 23.1 Å². The van der Waals surface area contributed by atoms with Crippen LogP contribution >= 0.6 is 0 Å². The lowest BCUT2D eigenvalue weighted by Gasteiger charge is -2.24. The first kappa shape index (κ1) is 34.8. The van der Waals surface area contributed by atoms with Crippen LogP contribution < -0.4 is 26.0 Å². The molecule has 1 aromatic carbocycles. The zero-order valence-electron chi connectivity index (χ0n) is 26.5. The van der Waals surface area contributed by atoms with Crippen LogP contribution in [0, 0.1) is 5.92 Å². The highest BCUT2D eigenvalue weighted by atomic mass is 16.6. The Balaban J connectivity index is 1.52. The van der Waals surface area contributed by atoms with Gasteiger partial charge in [-0.15, -0.1) is 10.2 Å². The molecule has 2 aromatic heterocycles. The molecular weight excluding hydrogens is 607 g/mol. The number of benzene rings is 1. The van der Waals surface area contributed by atoms with Crippen LogP contribution in [0.2, 0.25) is 0 Å². The first-order valence-electron chi connectivity index (χ1n) is 14.4. The summed E-state index contributed by atoms with van der Waals surface area (Å²) in [4.78, 5) is 55.3. The van der Waals surface area contributed by atoms with Crippen LogP contribution in [-0.2, 0) is 20.9 Å². The van der Waals surface area contributed by atoms with Crippen LogP contribution in [0.15, 0.2) is 28.8 Å². The van der Waals surface area contributed by atoms with Crippen LogP contribution in [0.4, 0.5) is 22.0 Å². The Morgan fingerprint density at radius 2 is 1.81 bits per heavy atom. The van der Waals surface area contributed by atoms with Gasteiger partial charge in [-0.1, -0.05) is 16.5 Å². The molecular formula is C28H32B3N9O7. The van der Waals surface area contributed by atoms with E-state index in [0.717, 1.165) is 17.7 Å². The molecule has 1 saturated carbocycles. The summed E-state index contributed by atoms with van der Waals surface area (Å²) in [7, 11) is 19.5. The van der Waals surface area contributed by atoms with Gasteiger partial charge in [-0.3, -0.25) is 14.4 Å². The maximum absolute atomic E-state index is 12.9. The number of hydrogen-bond donors (Lipinski definition) is 4. The van der Waals surface area contributed by atoms with Crippen molar-refractivity contribution in [1.82, 2.24) is 35.9 Å². The molecule has 4 amide bonds. The molecule has 0 unspecified atom stereocenters. The Kier molecular flexibility index (Phi) is 10.5. The van der Waals surface area contributed by atoms with Crippen molar-refractivity contribution in [3.8, 4) is 17.2 Å². The van der Waals surface area contributed by atoms with Crippen molar-refractivity contribution in [1.29, 1.82) is 0 Å². The summed E-state index contributed by atoms with van der Waals surface area (Å²) in [5.41, 5.74) is -0.128. The quantitative estimate of drug-likeness (QED) is 0.205. The van der Waals surface area contributed by atoms with Crippen molar-refractivity contribution in [2.24, 2.45) is 5.92 Å². The van der Waals surface area contributed by atoms with Crippen molar-refractivity contribution in [2.75, 3.05) is 31.3 Å². The summed E-state index contributed by atoms with van der Waals surface area (Å²) in [5.74, 6) is -1.10. The molecule has 19 heteroatoms. The maximum Gasteiger partial charge on any atom is 0.410 e. The second-order valence-corrected chi connectivity index (χ2v) is 11.8. The molecule has 3 aromatic rings. The lowest BCUT2D eigenvalue weighted by atomic mass is 9.49. The second-order valence-electron chi connectivity index (χ2n) is 11.8. The molecule has 0 aliphatic heterocycles. The SMILES string of the molecule is [B]C([B])([B])NC(=O)c1nnc(NC(=O)C2CC2)cc1Nc1cccc(-c2nc(CNC(=O)CN(C)C(=O)OC(C)(C)C)no2)c1OC. The number of likely N-dealkylation sites (N-methyl/N-ethyl adjacent to an activating group) is 1. The fourth-order valence-electron chi connectivity index (χ4n) is 4.00. The van der Waals surface area contributed by atoms with E-state index in [0.29, 0.717) is 11.3 Å². The third-order valence-corrected chi connectivity index (χ3v) is 6.26. The molecule has 47 heavy (non-hydrogen) atoms. The summed E-state index contributed by atoms with van der Waals surface area (Å²) in [5, 5.41) is 20.3. The first-order chi connectivity index (χ1) is 22.0. The Bertz CT molecular complexity index is 1650. The number of carbonyl (C=O) groups excluding carboxylic acids is 4. The van der Waals surface area contributed by atoms with E-state index in [1.807, 2.05) is 0 Å². The molecule has 1 aliphatic carbocycles. The predicted molar refractivity (Wildman–Crippen MR) is 171 cm³/mol. The lowest BCUT2D eigenvalue weighted by Crippen LogP contribution is -2.50. The van der Waals surface area contributed by atoms with Crippen molar-refractivity contribution < 1.29 is 33.2 Å². The molecule has 0 atom stereocenters. The highest BCUT2D eigenvalue weighted by Gasteiger charge is 2.30. The van der Waals surface area contributed by atoms with Crippen LogP contribution in [0.3, 0.4) is 0 Å². The average molecular weight is 639 g/mol. The highest BCUT2D eigenvalue weighted by molar-refractivity contribution is 6.60. The van der Waals surface area contributed by atoms with Gasteiger partial charge in [0, 0.05) is 19.0 Å². The first-order valence-corrected chi connectivity index (χ1v) is 14.4. The third kappa shape index (κ3) is 9.95. The fourth-order valence-corrected chi connectivity index (χ4v) is 4.00. The van der Waals surface area contributed by atoms with E-state index in [1.54, 1.807) is 39.0 Å². The maximum atomic E-state index is 12.9. The van der Waals surface area contributed by atoms with Crippen LogP contribution in [0.25, 0.3) is 11.5 Å². The summed E-state index contributed by atoms with van der Waals surface area (Å²) in [6.45, 7) is 4.83. The third-order valence-electron chi connectivity index (χ3n) is 6.26. The van der Waals surface area contributed by atoms with E-state index in [4.69, 9.17) is 37.5 Å². The van der Waals surface area contributed by atoms with Gasteiger partial charge >= 0.3 is 6.09 Å². The van der Waals surface area contributed by atoms with Crippen molar-refractivity contribution in [3.63, 3.8) is 0 Å². The van der Waals surface area contributed by atoms with E-state index >= 15 is 0 Å². The minimum atomic E-state index is -2.05. The van der Waals surface area contributed by atoms with E-state index in [9.17, 15) is 19.2 Å². The Hall–Kier alpha value is -5.09. The molecule has 16 nitrogen and oxygen atoms in total. The highest BCUT2D eigenvalue weighted by Crippen LogP contribution is 2.38. The molecule has 240 valence electrons. The summed E-state index contributed by atoms with van der Waals surface area (Å²) in [6, 6.07) is 6.37. The fraction of sp³-hybridized carbons (Fsp3) is 0.429. The smallest absolute Gasteiger partial charge is 0.410 e. The van der Waals surface area contributed by atoms with Gasteiger partial charge in [0.1, 0.15) is 12.1 Å². The molecule has 4 rings (SSSR count). The Morgan fingerprint density at radius 3 is 2.45 bits per heavy atom. The average Bonchev–Trinajstić information content (AvgIpc) is 3.72. The molecule has 2 heterocycles. The number of carbonyl (C=O) groups is 4. The molecule has 4 N–H and O–H groups in total. The van der Waals surface area contributed by atoms with E-state index in [2.05, 4.69) is 41.6 Å². The summed E-state index contributed by atoms with van der Waals surface area (Å²) < 4.78 is 16.3. The number of amides is 4. The van der Waals surface area contributed by atoms with E-state index in [1.165, 1.54) is 20.2 Å². The largest absolute Gasteiger partial charge is 0.494 e. The molecule has 1 aliphatic rings. The van der Waals surface area contributed by atoms with Crippen LogP contribution in [0.1, 0.15) is 49.9 Å². The standard InChI is InChI=1S/C28H32B3N9O7/c1-27(2,3)46-26(44)40(4)13-20(41)32-12-19-35-25(47-39-19)15-7-6-8-16(22(15)45-5)33-17-11-18(34-23(42)14-9-10-14)37-38-21(17)24(43)36-28(29,30)31/h6-8,11,14H,9-10,12-13H2,1-5H3,(H,32,41)(H,36,43)(H2,33,34,37,42). The number of ether oxygens (including phenoxy) is 2. The number of hydrogen-bond acceptors (Lipinski definition) is 12. The van der Waals surface area contributed by atoms with Crippen molar-refractivity contribution >= 4 is 64.5 Å². The number of nitrogens with one attached hydrogen (secondary N) is 4. The minimum absolute atomic E-state index is 0.0583. The van der Waals surface area contributed by atoms with Gasteiger partial charge in [0.2, 0.25) is 11.8 Å². The minimum Gasteiger partial charge on any atom is -0.494 e.